The number of nitrogens with one attached hydrogen (secondary N) is 1. The maximum atomic E-state index is 13.0. The highest BCUT2D eigenvalue weighted by molar-refractivity contribution is 6.11. The maximum absolute atomic E-state index is 13.0. The average molecular weight is 271 g/mol. The molecule has 0 saturated heterocycles. The standard InChI is InChI=1S/C12H15F2N3O2/c1-3-12(2,10(15)17-19)11(18)16-9-5-7(13)4-8(14)6-9/h4-6,19H,3H2,1-2H3,(H2,15,17)(H,16,18). The molecule has 1 amide bonds. The van der Waals surface area contributed by atoms with Crippen molar-refractivity contribution in [3.8, 4) is 0 Å². The zero-order valence-corrected chi connectivity index (χ0v) is 10.6. The van der Waals surface area contributed by atoms with Gasteiger partial charge >= 0.3 is 0 Å². The predicted molar refractivity (Wildman–Crippen MR) is 66.8 cm³/mol. The lowest BCUT2D eigenvalue weighted by Crippen LogP contribution is -2.44. The molecule has 104 valence electrons. The van der Waals surface area contributed by atoms with Crippen LogP contribution in [0, 0.1) is 17.0 Å². The average Bonchev–Trinajstić information content (AvgIpc) is 2.35. The van der Waals surface area contributed by atoms with Crippen molar-refractivity contribution < 1.29 is 18.8 Å². The third-order valence-electron chi connectivity index (χ3n) is 3.00. The van der Waals surface area contributed by atoms with Crippen molar-refractivity contribution in [3.63, 3.8) is 0 Å². The molecule has 0 saturated carbocycles. The smallest absolute Gasteiger partial charge is 0.238 e. The molecule has 5 nitrogen and oxygen atoms in total. The van der Waals surface area contributed by atoms with Gasteiger partial charge in [-0.2, -0.15) is 0 Å². The first-order valence-electron chi connectivity index (χ1n) is 5.59. The predicted octanol–water partition coefficient (Wildman–Crippen LogP) is 2.07. The number of hydrogen-bond donors (Lipinski definition) is 3. The van der Waals surface area contributed by atoms with Gasteiger partial charge in [0.15, 0.2) is 5.84 Å². The second kappa shape index (κ2) is 5.64. The first-order chi connectivity index (χ1) is 8.83. The summed E-state index contributed by atoms with van der Waals surface area (Å²) in [6.45, 7) is 3.14. The van der Waals surface area contributed by atoms with Gasteiger partial charge in [0.1, 0.15) is 17.0 Å². The third-order valence-corrected chi connectivity index (χ3v) is 3.00. The lowest BCUT2D eigenvalue weighted by atomic mass is 9.85. The molecule has 0 heterocycles. The van der Waals surface area contributed by atoms with Gasteiger partial charge in [-0.3, -0.25) is 4.79 Å². The largest absolute Gasteiger partial charge is 0.409 e. The van der Waals surface area contributed by atoms with E-state index in [0.717, 1.165) is 12.1 Å². The Morgan fingerprint density at radius 2 is 1.95 bits per heavy atom. The zero-order valence-electron chi connectivity index (χ0n) is 10.6. The Morgan fingerprint density at radius 1 is 1.42 bits per heavy atom. The second-order valence-corrected chi connectivity index (χ2v) is 4.28. The number of hydrogen-bond acceptors (Lipinski definition) is 3. The van der Waals surface area contributed by atoms with Crippen molar-refractivity contribution in [3.05, 3.63) is 29.8 Å². The number of benzene rings is 1. The van der Waals surface area contributed by atoms with E-state index in [1.165, 1.54) is 6.92 Å². The van der Waals surface area contributed by atoms with Gasteiger partial charge in [0.05, 0.1) is 0 Å². The van der Waals surface area contributed by atoms with Crippen LogP contribution in [0.1, 0.15) is 20.3 Å². The first kappa shape index (κ1) is 14.9. The van der Waals surface area contributed by atoms with E-state index in [2.05, 4.69) is 10.5 Å². The summed E-state index contributed by atoms with van der Waals surface area (Å²) in [5.74, 6) is -2.51. The summed E-state index contributed by atoms with van der Waals surface area (Å²) in [5.41, 5.74) is 4.17. The summed E-state index contributed by atoms with van der Waals surface area (Å²) >= 11 is 0. The number of amides is 1. The number of oxime groups is 1. The van der Waals surface area contributed by atoms with Crippen LogP contribution in [0.15, 0.2) is 23.4 Å². The van der Waals surface area contributed by atoms with Crippen LogP contribution in [0.4, 0.5) is 14.5 Å². The highest BCUT2D eigenvalue weighted by Crippen LogP contribution is 2.24. The quantitative estimate of drug-likeness (QED) is 0.339. The fraction of sp³-hybridized carbons (Fsp3) is 0.333. The van der Waals surface area contributed by atoms with Gasteiger partial charge in [0, 0.05) is 11.8 Å². The molecule has 0 radical (unpaired) electrons. The molecular weight excluding hydrogens is 256 g/mol. The normalized spacial score (nSPS) is 14.8. The molecule has 1 atom stereocenters. The summed E-state index contributed by atoms with van der Waals surface area (Å²) in [6, 6.07) is 2.64. The molecule has 0 fully saturated rings. The van der Waals surface area contributed by atoms with Crippen LogP contribution >= 0.6 is 0 Å². The van der Waals surface area contributed by atoms with Gasteiger partial charge in [0.25, 0.3) is 0 Å². The van der Waals surface area contributed by atoms with Crippen LogP contribution in [-0.2, 0) is 4.79 Å². The van der Waals surface area contributed by atoms with Crippen LogP contribution in [0.5, 0.6) is 0 Å². The fourth-order valence-electron chi connectivity index (χ4n) is 1.46. The van der Waals surface area contributed by atoms with E-state index in [1.807, 2.05) is 0 Å². The van der Waals surface area contributed by atoms with E-state index in [1.54, 1.807) is 6.92 Å². The van der Waals surface area contributed by atoms with E-state index in [0.29, 0.717) is 6.07 Å². The topological polar surface area (TPSA) is 87.7 Å². The molecule has 0 aliphatic heterocycles. The van der Waals surface area contributed by atoms with Crippen LogP contribution < -0.4 is 11.1 Å². The SMILES string of the molecule is CCC(C)(C(=O)Nc1cc(F)cc(F)c1)/C(N)=N/O. The summed E-state index contributed by atoms with van der Waals surface area (Å²) in [6.07, 6.45) is 0.256. The number of amidine groups is 1. The zero-order chi connectivity index (χ0) is 14.6. The summed E-state index contributed by atoms with van der Waals surface area (Å²) < 4.78 is 26.0. The minimum Gasteiger partial charge on any atom is -0.409 e. The van der Waals surface area contributed by atoms with Gasteiger partial charge in [-0.1, -0.05) is 12.1 Å². The van der Waals surface area contributed by atoms with Crippen molar-refractivity contribution >= 4 is 17.4 Å². The second-order valence-electron chi connectivity index (χ2n) is 4.28. The molecule has 0 spiro atoms. The number of nitrogens with two attached hydrogens (primary N) is 1. The minimum atomic E-state index is -1.27. The van der Waals surface area contributed by atoms with Crippen LogP contribution in [0.2, 0.25) is 0 Å². The Hall–Kier alpha value is -2.18. The van der Waals surface area contributed by atoms with E-state index in [4.69, 9.17) is 10.9 Å². The van der Waals surface area contributed by atoms with Crippen molar-refractivity contribution in [1.29, 1.82) is 0 Å². The third kappa shape index (κ3) is 3.18. The van der Waals surface area contributed by atoms with Crippen molar-refractivity contribution in [2.45, 2.75) is 20.3 Å². The number of carbonyl (C=O) groups excluding carboxylic acids is 1. The molecule has 0 aromatic heterocycles. The molecule has 19 heavy (non-hydrogen) atoms. The summed E-state index contributed by atoms with van der Waals surface area (Å²) in [4.78, 5) is 12.1. The highest BCUT2D eigenvalue weighted by atomic mass is 19.1. The Labute approximate surface area is 109 Å². The van der Waals surface area contributed by atoms with Crippen LogP contribution in [-0.4, -0.2) is 17.0 Å². The minimum absolute atomic E-state index is 0.0343. The lowest BCUT2D eigenvalue weighted by molar-refractivity contribution is -0.121. The van der Waals surface area contributed by atoms with Gasteiger partial charge in [-0.15, -0.1) is 0 Å². The van der Waals surface area contributed by atoms with Crippen LogP contribution in [0.25, 0.3) is 0 Å². The molecule has 1 aromatic rings. The number of carbonyl (C=O) groups is 1. The summed E-state index contributed by atoms with van der Waals surface area (Å²) in [5, 5.41) is 13.8. The van der Waals surface area contributed by atoms with E-state index < -0.39 is 23.0 Å². The lowest BCUT2D eigenvalue weighted by Gasteiger charge is -2.25. The highest BCUT2D eigenvalue weighted by Gasteiger charge is 2.36. The molecule has 7 heteroatoms. The molecule has 4 N–H and O–H groups in total. The van der Waals surface area contributed by atoms with E-state index in [9.17, 15) is 13.6 Å². The van der Waals surface area contributed by atoms with Crippen molar-refractivity contribution in [2.24, 2.45) is 16.3 Å². The van der Waals surface area contributed by atoms with Gasteiger partial charge in [0.2, 0.25) is 5.91 Å². The van der Waals surface area contributed by atoms with E-state index >= 15 is 0 Å². The molecule has 1 rings (SSSR count). The van der Waals surface area contributed by atoms with Gasteiger partial charge < -0.3 is 16.3 Å². The van der Waals surface area contributed by atoms with E-state index in [-0.39, 0.29) is 17.9 Å². The Morgan fingerprint density at radius 3 is 2.37 bits per heavy atom. The molecule has 0 aliphatic rings. The number of rotatable bonds is 4. The van der Waals surface area contributed by atoms with Crippen LogP contribution in [0.3, 0.4) is 0 Å². The van der Waals surface area contributed by atoms with Crippen molar-refractivity contribution in [1.82, 2.24) is 0 Å². The Bertz CT molecular complexity index is 499. The fourth-order valence-corrected chi connectivity index (χ4v) is 1.46. The Balaban J connectivity index is 3.01. The molecule has 1 unspecified atom stereocenters. The summed E-state index contributed by atoms with van der Waals surface area (Å²) in [7, 11) is 0. The number of anilines is 1. The maximum Gasteiger partial charge on any atom is 0.238 e. The van der Waals surface area contributed by atoms with Crippen molar-refractivity contribution in [2.75, 3.05) is 5.32 Å². The molecule has 0 bridgehead atoms. The van der Waals surface area contributed by atoms with Gasteiger partial charge in [-0.05, 0) is 25.5 Å². The monoisotopic (exact) mass is 271 g/mol. The number of halogens is 2. The number of nitrogens with zero attached hydrogens (tertiary/aromatic N) is 1. The molecular formula is C12H15F2N3O2. The molecule has 0 aliphatic carbocycles. The first-order valence-corrected chi connectivity index (χ1v) is 5.59. The molecule has 1 aromatic carbocycles. The van der Waals surface area contributed by atoms with Gasteiger partial charge in [-0.25, -0.2) is 8.78 Å². The Kier molecular flexibility index (Phi) is 4.42.